The van der Waals surface area contributed by atoms with Crippen LogP contribution in [-0.2, 0) is 11.3 Å². The second-order valence-corrected chi connectivity index (χ2v) is 4.09. The zero-order chi connectivity index (χ0) is 13.5. The summed E-state index contributed by atoms with van der Waals surface area (Å²) in [6, 6.07) is 5.23. The minimum Gasteiger partial charge on any atom is -0.383 e. The predicted octanol–water partition coefficient (Wildman–Crippen LogP) is 1.71. The molecule has 0 unspecified atom stereocenters. The second kappa shape index (κ2) is 6.93. The number of hydrogen-bond donors (Lipinski definition) is 1. The van der Waals surface area contributed by atoms with E-state index in [9.17, 15) is 10.1 Å². The molecule has 1 N–H and O–H groups in total. The van der Waals surface area contributed by atoms with Crippen LogP contribution in [0, 0.1) is 10.1 Å². The Balaban J connectivity index is 2.78. The number of ether oxygens (including phenoxy) is 1. The molecule has 0 bridgehead atoms. The lowest BCUT2D eigenvalue weighted by Crippen LogP contribution is -2.22. The topological polar surface area (TPSA) is 67.6 Å². The predicted molar refractivity (Wildman–Crippen MR) is 70.9 cm³/mol. The summed E-state index contributed by atoms with van der Waals surface area (Å²) in [5, 5.41) is 13.7. The second-order valence-electron chi connectivity index (χ2n) is 4.09. The number of benzene rings is 1. The largest absolute Gasteiger partial charge is 0.383 e. The van der Waals surface area contributed by atoms with Gasteiger partial charge in [-0.15, -0.1) is 0 Å². The Labute approximate surface area is 107 Å². The fraction of sp³-hybridized carbons (Fsp3) is 0.500. The fourth-order valence-electron chi connectivity index (χ4n) is 1.68. The van der Waals surface area contributed by atoms with E-state index >= 15 is 0 Å². The number of anilines is 1. The highest BCUT2D eigenvalue weighted by atomic mass is 16.6. The zero-order valence-electron chi connectivity index (χ0n) is 11.0. The maximum absolute atomic E-state index is 10.9. The SMILES string of the molecule is CNc1ccc(CN(C)CCOC)cc1[N+](=O)[O-]. The Hall–Kier alpha value is -1.66. The maximum Gasteiger partial charge on any atom is 0.292 e. The molecular formula is C12H19N3O3. The summed E-state index contributed by atoms with van der Waals surface area (Å²) >= 11 is 0. The van der Waals surface area contributed by atoms with Crippen LogP contribution in [0.25, 0.3) is 0 Å². The number of nitrogens with one attached hydrogen (secondary N) is 1. The molecule has 0 atom stereocenters. The molecule has 0 aromatic heterocycles. The summed E-state index contributed by atoms with van der Waals surface area (Å²) in [6.45, 7) is 2.10. The molecule has 6 nitrogen and oxygen atoms in total. The molecule has 100 valence electrons. The van der Waals surface area contributed by atoms with Gasteiger partial charge in [0.25, 0.3) is 5.69 Å². The van der Waals surface area contributed by atoms with Crippen LogP contribution in [0.5, 0.6) is 0 Å². The molecule has 1 aromatic rings. The first kappa shape index (κ1) is 14.4. The quantitative estimate of drug-likeness (QED) is 0.592. The standard InChI is InChI=1S/C12H19N3O3/c1-13-11-5-4-10(8-12(11)15(16)17)9-14(2)6-7-18-3/h4-5,8,13H,6-7,9H2,1-3H3. The fourth-order valence-corrected chi connectivity index (χ4v) is 1.68. The number of methoxy groups -OCH3 is 1. The van der Waals surface area contributed by atoms with Crippen molar-refractivity contribution in [2.75, 3.05) is 39.7 Å². The van der Waals surface area contributed by atoms with E-state index < -0.39 is 0 Å². The van der Waals surface area contributed by atoms with Gasteiger partial charge >= 0.3 is 0 Å². The third kappa shape index (κ3) is 3.97. The molecule has 0 aliphatic rings. The number of nitro groups is 1. The van der Waals surface area contributed by atoms with E-state index in [-0.39, 0.29) is 10.6 Å². The number of nitrogens with zero attached hydrogens (tertiary/aromatic N) is 2. The van der Waals surface area contributed by atoms with Gasteiger partial charge in [0.15, 0.2) is 0 Å². The van der Waals surface area contributed by atoms with Crippen LogP contribution in [0.1, 0.15) is 5.56 Å². The smallest absolute Gasteiger partial charge is 0.292 e. The lowest BCUT2D eigenvalue weighted by Gasteiger charge is -2.16. The third-order valence-corrected chi connectivity index (χ3v) is 2.66. The Bertz CT molecular complexity index is 410. The number of nitro benzene ring substituents is 1. The number of hydrogen-bond acceptors (Lipinski definition) is 5. The normalized spacial score (nSPS) is 10.7. The van der Waals surface area contributed by atoms with Gasteiger partial charge in [-0.1, -0.05) is 6.07 Å². The van der Waals surface area contributed by atoms with Gasteiger partial charge in [0.05, 0.1) is 11.5 Å². The summed E-state index contributed by atoms with van der Waals surface area (Å²) in [4.78, 5) is 12.6. The Morgan fingerprint density at radius 3 is 2.78 bits per heavy atom. The van der Waals surface area contributed by atoms with Crippen molar-refractivity contribution in [1.82, 2.24) is 4.90 Å². The van der Waals surface area contributed by atoms with Gasteiger partial charge in [0.1, 0.15) is 5.69 Å². The Morgan fingerprint density at radius 2 is 2.22 bits per heavy atom. The van der Waals surface area contributed by atoms with Crippen molar-refractivity contribution in [2.24, 2.45) is 0 Å². The third-order valence-electron chi connectivity index (χ3n) is 2.66. The highest BCUT2D eigenvalue weighted by Gasteiger charge is 2.13. The minimum absolute atomic E-state index is 0.107. The van der Waals surface area contributed by atoms with Crippen molar-refractivity contribution in [3.63, 3.8) is 0 Å². The molecule has 6 heteroatoms. The average molecular weight is 253 g/mol. The monoisotopic (exact) mass is 253 g/mol. The van der Waals surface area contributed by atoms with E-state index in [4.69, 9.17) is 4.74 Å². The molecule has 0 aliphatic heterocycles. The van der Waals surface area contributed by atoms with E-state index in [1.165, 1.54) is 0 Å². The average Bonchev–Trinajstić information content (AvgIpc) is 2.36. The Kier molecular flexibility index (Phi) is 5.54. The summed E-state index contributed by atoms with van der Waals surface area (Å²) in [6.07, 6.45) is 0. The van der Waals surface area contributed by atoms with Gasteiger partial charge in [-0.2, -0.15) is 0 Å². The highest BCUT2D eigenvalue weighted by Crippen LogP contribution is 2.25. The van der Waals surface area contributed by atoms with Crippen molar-refractivity contribution in [3.05, 3.63) is 33.9 Å². The first-order chi connectivity index (χ1) is 8.58. The summed E-state index contributed by atoms with van der Waals surface area (Å²) in [5.74, 6) is 0. The molecule has 0 fully saturated rings. The Morgan fingerprint density at radius 1 is 1.50 bits per heavy atom. The van der Waals surface area contributed by atoms with Gasteiger partial charge in [0.2, 0.25) is 0 Å². The van der Waals surface area contributed by atoms with Crippen LogP contribution in [0.2, 0.25) is 0 Å². The van der Waals surface area contributed by atoms with Gasteiger partial charge < -0.3 is 10.1 Å². The van der Waals surface area contributed by atoms with Crippen molar-refractivity contribution in [1.29, 1.82) is 0 Å². The van der Waals surface area contributed by atoms with Crippen LogP contribution in [-0.4, -0.2) is 44.2 Å². The molecule has 0 aliphatic carbocycles. The van der Waals surface area contributed by atoms with Gasteiger partial charge in [-0.3, -0.25) is 15.0 Å². The maximum atomic E-state index is 10.9. The van der Waals surface area contributed by atoms with Crippen LogP contribution in [0.4, 0.5) is 11.4 Å². The van der Waals surface area contributed by atoms with E-state index in [0.717, 1.165) is 12.1 Å². The van der Waals surface area contributed by atoms with E-state index in [1.54, 1.807) is 26.3 Å². The molecule has 0 saturated heterocycles. The van der Waals surface area contributed by atoms with Gasteiger partial charge in [0, 0.05) is 33.3 Å². The van der Waals surface area contributed by atoms with Gasteiger partial charge in [-0.05, 0) is 18.7 Å². The first-order valence-corrected chi connectivity index (χ1v) is 5.71. The van der Waals surface area contributed by atoms with Crippen LogP contribution >= 0.6 is 0 Å². The van der Waals surface area contributed by atoms with Crippen LogP contribution < -0.4 is 5.32 Å². The van der Waals surface area contributed by atoms with Crippen molar-refractivity contribution >= 4 is 11.4 Å². The number of rotatable bonds is 7. The molecule has 18 heavy (non-hydrogen) atoms. The molecule has 1 rings (SSSR count). The molecule has 0 amide bonds. The highest BCUT2D eigenvalue weighted by molar-refractivity contribution is 5.62. The molecule has 1 aromatic carbocycles. The van der Waals surface area contributed by atoms with Crippen molar-refractivity contribution < 1.29 is 9.66 Å². The van der Waals surface area contributed by atoms with Gasteiger partial charge in [-0.25, -0.2) is 0 Å². The van der Waals surface area contributed by atoms with E-state index in [0.29, 0.717) is 18.8 Å². The summed E-state index contributed by atoms with van der Waals surface area (Å²) in [7, 11) is 5.28. The lowest BCUT2D eigenvalue weighted by molar-refractivity contribution is -0.384. The summed E-state index contributed by atoms with van der Waals surface area (Å²) < 4.78 is 4.99. The lowest BCUT2D eigenvalue weighted by atomic mass is 10.1. The van der Waals surface area contributed by atoms with Crippen molar-refractivity contribution in [3.8, 4) is 0 Å². The molecular weight excluding hydrogens is 234 g/mol. The molecule has 0 spiro atoms. The van der Waals surface area contributed by atoms with E-state index in [2.05, 4.69) is 10.2 Å². The summed E-state index contributed by atoms with van der Waals surface area (Å²) in [5.41, 5.74) is 1.55. The molecule has 0 radical (unpaired) electrons. The zero-order valence-corrected chi connectivity index (χ0v) is 11.0. The van der Waals surface area contributed by atoms with E-state index in [1.807, 2.05) is 13.1 Å². The molecule has 0 heterocycles. The minimum atomic E-state index is -0.371. The first-order valence-electron chi connectivity index (χ1n) is 5.71. The van der Waals surface area contributed by atoms with Crippen molar-refractivity contribution in [2.45, 2.75) is 6.54 Å². The molecule has 0 saturated carbocycles. The van der Waals surface area contributed by atoms with Crippen LogP contribution in [0.15, 0.2) is 18.2 Å². The van der Waals surface area contributed by atoms with Crippen LogP contribution in [0.3, 0.4) is 0 Å². The number of likely N-dealkylation sites (N-methyl/N-ethyl adjacent to an activating group) is 1.